The number of carbonyl (C=O) groups excluding carboxylic acids is 3. The van der Waals surface area contributed by atoms with Crippen molar-refractivity contribution in [2.24, 2.45) is 11.0 Å². The predicted molar refractivity (Wildman–Crippen MR) is 104 cm³/mol. The molecule has 1 saturated carbocycles. The van der Waals surface area contributed by atoms with E-state index in [1.165, 1.54) is 11.8 Å². The van der Waals surface area contributed by atoms with Gasteiger partial charge >= 0.3 is 5.91 Å². The van der Waals surface area contributed by atoms with Crippen molar-refractivity contribution >= 4 is 34.5 Å². The predicted octanol–water partition coefficient (Wildman–Crippen LogP) is 1.88. The summed E-state index contributed by atoms with van der Waals surface area (Å²) < 4.78 is 0. The van der Waals surface area contributed by atoms with E-state index in [1.807, 2.05) is 18.9 Å². The van der Waals surface area contributed by atoms with Gasteiger partial charge in [0, 0.05) is 25.3 Å². The Balaban J connectivity index is 1.93. The second kappa shape index (κ2) is 10.5. The van der Waals surface area contributed by atoms with Gasteiger partial charge in [0.25, 0.3) is 0 Å². The molecular weight excluding hydrogens is 352 g/mol. The van der Waals surface area contributed by atoms with Gasteiger partial charge in [-0.25, -0.2) is 5.43 Å². The zero-order valence-electron chi connectivity index (χ0n) is 15.8. The highest BCUT2D eigenvalue weighted by Gasteiger charge is 2.30. The first-order valence-corrected chi connectivity index (χ1v) is 10.6. The summed E-state index contributed by atoms with van der Waals surface area (Å²) in [5, 5.41) is 7.55. The highest BCUT2D eigenvalue weighted by atomic mass is 32.2. The van der Waals surface area contributed by atoms with Crippen LogP contribution in [0, 0.1) is 5.92 Å². The van der Waals surface area contributed by atoms with Gasteiger partial charge in [-0.3, -0.25) is 14.4 Å². The van der Waals surface area contributed by atoms with Gasteiger partial charge in [-0.2, -0.15) is 0 Å². The fourth-order valence-corrected chi connectivity index (χ4v) is 4.21. The third-order valence-electron chi connectivity index (χ3n) is 4.92. The van der Waals surface area contributed by atoms with Crippen LogP contribution >= 0.6 is 11.8 Å². The lowest BCUT2D eigenvalue weighted by atomic mass is 9.88. The van der Waals surface area contributed by atoms with Crippen LogP contribution in [0.4, 0.5) is 0 Å². The molecule has 0 spiro atoms. The monoisotopic (exact) mass is 382 g/mol. The number of Topliss-reactive ketones (excluding diaryl/α,β-unsaturated/α-hetero) is 1. The van der Waals surface area contributed by atoms with E-state index >= 15 is 0 Å². The quantitative estimate of drug-likeness (QED) is 0.494. The SMILES string of the molecule is CCCC[C@H](NC(=O)C1CCCCC1)C(=O)C(=O)N/N=C1\SCCN1C. The standard InChI is InChI=1S/C18H30N4O3S/c1-3-4-10-14(19-16(24)13-8-6-5-7-9-13)15(23)17(25)20-21-18-22(2)11-12-26-18/h13-14H,3-12H2,1-2H3,(H,19,24)(H,20,25)/b21-18-/t14-/m0/s1. The summed E-state index contributed by atoms with van der Waals surface area (Å²) in [4.78, 5) is 39.2. The zero-order valence-corrected chi connectivity index (χ0v) is 16.6. The minimum absolute atomic E-state index is 0.0347. The summed E-state index contributed by atoms with van der Waals surface area (Å²) in [6, 6.07) is -0.765. The van der Waals surface area contributed by atoms with E-state index in [1.54, 1.807) is 0 Å². The number of nitrogens with zero attached hydrogens (tertiary/aromatic N) is 2. The van der Waals surface area contributed by atoms with Gasteiger partial charge in [0.05, 0.1) is 6.04 Å². The molecule has 1 saturated heterocycles. The molecule has 0 aromatic rings. The molecule has 1 aliphatic heterocycles. The van der Waals surface area contributed by atoms with Crippen LogP contribution < -0.4 is 10.7 Å². The molecule has 1 aliphatic carbocycles. The smallest absolute Gasteiger partial charge is 0.309 e. The van der Waals surface area contributed by atoms with E-state index in [4.69, 9.17) is 0 Å². The van der Waals surface area contributed by atoms with Crippen LogP contribution in [0.25, 0.3) is 0 Å². The number of nitrogens with one attached hydrogen (secondary N) is 2. The highest BCUT2D eigenvalue weighted by Crippen LogP contribution is 2.24. The molecule has 0 aromatic heterocycles. The van der Waals surface area contributed by atoms with Crippen molar-refractivity contribution in [3.8, 4) is 0 Å². The molecule has 0 bridgehead atoms. The van der Waals surface area contributed by atoms with E-state index in [0.717, 1.165) is 57.2 Å². The molecule has 2 amide bonds. The lowest BCUT2D eigenvalue weighted by Gasteiger charge is -2.24. The lowest BCUT2D eigenvalue weighted by Crippen LogP contribution is -2.48. The molecule has 1 atom stereocenters. The van der Waals surface area contributed by atoms with Gasteiger partial charge in [0.2, 0.25) is 11.7 Å². The number of carbonyl (C=O) groups is 3. The van der Waals surface area contributed by atoms with Crippen molar-refractivity contribution in [3.63, 3.8) is 0 Å². The number of amidine groups is 1. The van der Waals surface area contributed by atoms with E-state index in [-0.39, 0.29) is 11.8 Å². The molecule has 26 heavy (non-hydrogen) atoms. The van der Waals surface area contributed by atoms with Crippen LogP contribution in [0.15, 0.2) is 5.10 Å². The van der Waals surface area contributed by atoms with Gasteiger partial charge in [-0.05, 0) is 19.3 Å². The molecule has 2 N–H and O–H groups in total. The number of rotatable bonds is 8. The lowest BCUT2D eigenvalue weighted by molar-refractivity contribution is -0.140. The Labute approximate surface area is 159 Å². The number of ketones is 1. The Hall–Kier alpha value is -1.57. The average Bonchev–Trinajstić information content (AvgIpc) is 3.08. The summed E-state index contributed by atoms with van der Waals surface area (Å²) in [6.07, 6.45) is 7.15. The molecule has 2 aliphatic rings. The normalized spacial score (nSPS) is 20.8. The Kier molecular flexibility index (Phi) is 8.41. The summed E-state index contributed by atoms with van der Waals surface area (Å²) in [6.45, 7) is 2.88. The largest absolute Gasteiger partial charge is 0.352 e. The van der Waals surface area contributed by atoms with E-state index in [0.29, 0.717) is 11.6 Å². The number of unbranched alkanes of at least 4 members (excludes halogenated alkanes) is 1. The molecule has 7 nitrogen and oxygen atoms in total. The zero-order chi connectivity index (χ0) is 18.9. The minimum Gasteiger partial charge on any atom is -0.352 e. The van der Waals surface area contributed by atoms with E-state index in [9.17, 15) is 14.4 Å². The molecule has 0 unspecified atom stereocenters. The number of hydrogen-bond donors (Lipinski definition) is 2. The van der Waals surface area contributed by atoms with Crippen molar-refractivity contribution in [2.45, 2.75) is 64.3 Å². The fraction of sp³-hybridized carbons (Fsp3) is 0.778. The second-order valence-corrected chi connectivity index (χ2v) is 8.07. The van der Waals surface area contributed by atoms with Gasteiger partial charge in [-0.1, -0.05) is 50.8 Å². The molecule has 2 rings (SSSR count). The van der Waals surface area contributed by atoms with Crippen LogP contribution in [-0.2, 0) is 14.4 Å². The summed E-state index contributed by atoms with van der Waals surface area (Å²) in [5.74, 6) is -0.590. The van der Waals surface area contributed by atoms with Crippen LogP contribution in [0.5, 0.6) is 0 Å². The topological polar surface area (TPSA) is 90.9 Å². The van der Waals surface area contributed by atoms with Crippen LogP contribution in [0.3, 0.4) is 0 Å². The highest BCUT2D eigenvalue weighted by molar-refractivity contribution is 8.14. The number of hydrazone groups is 1. The third kappa shape index (κ3) is 6.00. The maximum atomic E-state index is 12.5. The van der Waals surface area contributed by atoms with Crippen molar-refractivity contribution < 1.29 is 14.4 Å². The first-order valence-electron chi connectivity index (χ1n) is 9.59. The molecule has 146 valence electrons. The summed E-state index contributed by atoms with van der Waals surface area (Å²) in [7, 11) is 1.89. The van der Waals surface area contributed by atoms with Crippen LogP contribution in [-0.4, -0.2) is 53.1 Å². The fourth-order valence-electron chi connectivity index (χ4n) is 3.24. The molecule has 0 aromatic carbocycles. The van der Waals surface area contributed by atoms with Gasteiger partial charge in [0.15, 0.2) is 5.17 Å². The minimum atomic E-state index is -0.765. The molecule has 2 fully saturated rings. The van der Waals surface area contributed by atoms with Crippen molar-refractivity contribution in [2.75, 3.05) is 19.3 Å². The molecule has 1 heterocycles. The van der Waals surface area contributed by atoms with Gasteiger partial charge < -0.3 is 10.2 Å². The Morgan fingerprint density at radius 2 is 2.00 bits per heavy atom. The summed E-state index contributed by atoms with van der Waals surface area (Å²) >= 11 is 1.54. The van der Waals surface area contributed by atoms with E-state index < -0.39 is 17.7 Å². The van der Waals surface area contributed by atoms with E-state index in [2.05, 4.69) is 15.8 Å². The maximum absolute atomic E-state index is 12.5. The Bertz CT molecular complexity index is 547. The number of thioether (sulfide) groups is 1. The maximum Gasteiger partial charge on any atom is 0.309 e. The van der Waals surface area contributed by atoms with Crippen molar-refractivity contribution in [1.82, 2.24) is 15.6 Å². The van der Waals surface area contributed by atoms with Gasteiger partial charge in [0.1, 0.15) is 0 Å². The summed E-state index contributed by atoms with van der Waals surface area (Å²) in [5.41, 5.74) is 2.35. The third-order valence-corrected chi connectivity index (χ3v) is 5.96. The van der Waals surface area contributed by atoms with Crippen molar-refractivity contribution in [1.29, 1.82) is 0 Å². The number of amides is 2. The van der Waals surface area contributed by atoms with Crippen LogP contribution in [0.2, 0.25) is 0 Å². The first-order chi connectivity index (χ1) is 12.5. The van der Waals surface area contributed by atoms with Crippen molar-refractivity contribution in [3.05, 3.63) is 0 Å². The first kappa shape index (κ1) is 20.7. The Morgan fingerprint density at radius 1 is 1.27 bits per heavy atom. The molecule has 0 radical (unpaired) electrons. The Morgan fingerprint density at radius 3 is 2.62 bits per heavy atom. The second-order valence-electron chi connectivity index (χ2n) is 7.01. The number of hydrogen-bond acceptors (Lipinski definition) is 5. The molecule has 8 heteroatoms. The van der Waals surface area contributed by atoms with Gasteiger partial charge in [-0.15, -0.1) is 5.10 Å². The van der Waals surface area contributed by atoms with Crippen LogP contribution in [0.1, 0.15) is 58.3 Å². The molecular formula is C18H30N4O3S. The average molecular weight is 383 g/mol.